The van der Waals surface area contributed by atoms with Gasteiger partial charge in [0.05, 0.1) is 23.9 Å². The van der Waals surface area contributed by atoms with Gasteiger partial charge in [-0.2, -0.15) is 0 Å². The van der Waals surface area contributed by atoms with E-state index in [1.54, 1.807) is 71.9 Å². The fourth-order valence-electron chi connectivity index (χ4n) is 8.49. The molecule has 4 rings (SSSR count). The molecule has 3 saturated heterocycles. The van der Waals surface area contributed by atoms with Crippen LogP contribution in [0, 0.1) is 23.2 Å². The van der Waals surface area contributed by atoms with Crippen molar-refractivity contribution in [2.24, 2.45) is 23.2 Å². The Morgan fingerprint density at radius 3 is 2.23 bits per heavy atom. The average molecular weight is 731 g/mol. The van der Waals surface area contributed by atoms with Crippen molar-refractivity contribution in [2.75, 3.05) is 21.2 Å². The number of amides is 1. The summed E-state index contributed by atoms with van der Waals surface area (Å²) in [5.41, 5.74) is -4.60. The molecule has 13 atom stereocenters. The van der Waals surface area contributed by atoms with Crippen LogP contribution < -0.4 is 5.32 Å². The number of fused-ring (bicyclic) bond motifs is 1. The molecule has 3 heterocycles. The van der Waals surface area contributed by atoms with Crippen molar-refractivity contribution in [2.45, 2.75) is 135 Å². The molecule has 0 aliphatic carbocycles. The number of alkyl carbamates (subject to hydrolysis) is 1. The highest BCUT2D eigenvalue weighted by atomic mass is 16.7. The zero-order valence-electron chi connectivity index (χ0n) is 32.5. The zero-order valence-corrected chi connectivity index (χ0v) is 32.5. The van der Waals surface area contributed by atoms with Crippen LogP contribution in [-0.4, -0.2) is 115 Å². The lowest BCUT2D eigenvalue weighted by atomic mass is 9.69. The van der Waals surface area contributed by atoms with Gasteiger partial charge in [-0.3, -0.25) is 19.2 Å². The van der Waals surface area contributed by atoms with Crippen molar-refractivity contribution in [3.63, 3.8) is 0 Å². The van der Waals surface area contributed by atoms with E-state index in [0.717, 1.165) is 0 Å². The lowest BCUT2D eigenvalue weighted by Crippen LogP contribution is -2.61. The summed E-state index contributed by atoms with van der Waals surface area (Å²) in [5, 5.41) is 14.3. The number of hydrogen-bond acceptors (Lipinski definition) is 12. The first kappa shape index (κ1) is 41.5. The normalized spacial score (nSPS) is 40.7. The smallest absolute Gasteiger partial charge is 0.408 e. The number of benzene rings is 1. The van der Waals surface area contributed by atoms with E-state index >= 15 is 4.79 Å². The lowest BCUT2D eigenvalue weighted by Gasteiger charge is -2.47. The molecule has 0 radical (unpaired) electrons. The van der Waals surface area contributed by atoms with E-state index < -0.39 is 95.1 Å². The Hall–Kier alpha value is -3.23. The number of rotatable bonds is 8. The Bertz CT molecular complexity index is 1490. The number of carbonyl (C=O) groups excluding carboxylic acids is 5. The Morgan fingerprint density at radius 2 is 1.65 bits per heavy atom. The standard InChI is InChI=1S/C39H58N2O11/c1-12-28-39(8)31(40-36(47)52-39)23(4)29(43)21(2)19-38(7,48-11)33(51-34-30(44)26(41(9)10)18-22(3)49-34)24(5)32(45)37(6,35(46)50-28)20-27(42)25-16-14-13-15-17-25/h13-17,21-24,26,28,30-31,33-34,44H,12,18-20H2,1-11H3,(H,40,47)/t21-,22-,23-,24+,26+,28+,30-,31?,33-,34?,37?,38+,39?/m1/s1. The van der Waals surface area contributed by atoms with Gasteiger partial charge in [0.2, 0.25) is 0 Å². The molecule has 4 unspecified atom stereocenters. The SMILES string of the molecule is CC[C@@H]1OC(=O)C(C)(CC(=O)c2ccccc2)C(=O)[C@H](C)[C@@H](OC2O[C@H](C)C[C@H](N(C)C)[C@H]2O)[C@@](C)(OC)C[C@@H](C)C(=O)[C@@H](C)C2NC(=O)OC21C. The Labute approximate surface area is 307 Å². The van der Waals surface area contributed by atoms with Gasteiger partial charge in [-0.05, 0) is 61.1 Å². The van der Waals surface area contributed by atoms with Gasteiger partial charge in [-0.15, -0.1) is 0 Å². The monoisotopic (exact) mass is 730 g/mol. The second kappa shape index (κ2) is 16.0. The third-order valence-corrected chi connectivity index (χ3v) is 11.7. The Morgan fingerprint density at radius 1 is 1.02 bits per heavy atom. The van der Waals surface area contributed by atoms with Gasteiger partial charge in [0.1, 0.15) is 23.4 Å². The number of methoxy groups -OCH3 is 1. The molecular weight excluding hydrogens is 672 g/mol. The zero-order chi connectivity index (χ0) is 38.9. The number of nitrogens with zero attached hydrogens (tertiary/aromatic N) is 1. The molecule has 1 amide bonds. The van der Waals surface area contributed by atoms with Crippen LogP contribution in [0.15, 0.2) is 30.3 Å². The highest BCUT2D eigenvalue weighted by molar-refractivity contribution is 6.10. The molecule has 1 aromatic rings. The molecule has 2 N–H and O–H groups in total. The minimum absolute atomic E-state index is 0.0595. The van der Waals surface area contributed by atoms with Gasteiger partial charge in [0, 0.05) is 42.9 Å². The largest absolute Gasteiger partial charge is 0.457 e. The van der Waals surface area contributed by atoms with Crippen LogP contribution in [0.5, 0.6) is 0 Å². The number of aliphatic hydroxyl groups is 1. The summed E-state index contributed by atoms with van der Waals surface area (Å²) in [5.74, 6) is -4.96. The van der Waals surface area contributed by atoms with Crippen molar-refractivity contribution < 1.29 is 52.8 Å². The number of Topliss-reactive ketones (excluding diaryl/α,β-unsaturated/α-hetero) is 3. The number of ether oxygens (including phenoxy) is 5. The number of aliphatic hydroxyl groups excluding tert-OH is 1. The van der Waals surface area contributed by atoms with Gasteiger partial charge >= 0.3 is 12.1 Å². The maximum absolute atomic E-state index is 15.1. The second-order valence-corrected chi connectivity index (χ2v) is 15.9. The molecule has 3 aliphatic rings. The Kier molecular flexibility index (Phi) is 12.8. The summed E-state index contributed by atoms with van der Waals surface area (Å²) in [6.07, 6.45) is -5.44. The van der Waals surface area contributed by atoms with Crippen molar-refractivity contribution >= 4 is 29.4 Å². The lowest BCUT2D eigenvalue weighted by molar-refractivity contribution is -0.295. The van der Waals surface area contributed by atoms with Crippen LogP contribution in [0.4, 0.5) is 4.79 Å². The summed E-state index contributed by atoms with van der Waals surface area (Å²) in [4.78, 5) is 72.4. The van der Waals surface area contributed by atoms with Crippen molar-refractivity contribution in [1.82, 2.24) is 10.2 Å². The second-order valence-electron chi connectivity index (χ2n) is 15.9. The predicted octanol–water partition coefficient (Wildman–Crippen LogP) is 4.12. The Balaban J connectivity index is 1.90. The number of nitrogens with one attached hydrogen (secondary N) is 1. The van der Waals surface area contributed by atoms with E-state index in [4.69, 9.17) is 23.7 Å². The van der Waals surface area contributed by atoms with Crippen LogP contribution in [0.1, 0.15) is 91.4 Å². The number of carbonyl (C=O) groups is 5. The predicted molar refractivity (Wildman–Crippen MR) is 190 cm³/mol. The third kappa shape index (κ3) is 7.99. The van der Waals surface area contributed by atoms with Crippen molar-refractivity contribution in [3.8, 4) is 0 Å². The number of esters is 1. The molecule has 1 aromatic carbocycles. The molecule has 0 spiro atoms. The molecule has 3 fully saturated rings. The first-order valence-electron chi connectivity index (χ1n) is 18.3. The maximum atomic E-state index is 15.1. The van der Waals surface area contributed by atoms with Gasteiger partial charge in [-0.25, -0.2) is 4.79 Å². The summed E-state index contributed by atoms with van der Waals surface area (Å²) < 4.78 is 30.9. The van der Waals surface area contributed by atoms with E-state index in [9.17, 15) is 24.3 Å². The number of ketones is 3. The van der Waals surface area contributed by atoms with E-state index in [2.05, 4.69) is 5.32 Å². The van der Waals surface area contributed by atoms with Crippen LogP contribution in [-0.2, 0) is 38.1 Å². The molecular formula is C39H58N2O11. The highest BCUT2D eigenvalue weighted by Gasteiger charge is 2.59. The van der Waals surface area contributed by atoms with Crippen LogP contribution in [0.25, 0.3) is 0 Å². The molecule has 13 nitrogen and oxygen atoms in total. The molecule has 52 heavy (non-hydrogen) atoms. The summed E-state index contributed by atoms with van der Waals surface area (Å²) in [6, 6.07) is 7.13. The summed E-state index contributed by atoms with van der Waals surface area (Å²) in [7, 11) is 5.14. The van der Waals surface area contributed by atoms with Crippen LogP contribution in [0.3, 0.4) is 0 Å². The first-order valence-corrected chi connectivity index (χ1v) is 18.3. The van der Waals surface area contributed by atoms with E-state index in [1.807, 2.05) is 25.9 Å². The summed E-state index contributed by atoms with van der Waals surface area (Å²) in [6.45, 7) is 13.3. The highest BCUT2D eigenvalue weighted by Crippen LogP contribution is 2.43. The molecule has 13 heteroatoms. The van der Waals surface area contributed by atoms with Crippen molar-refractivity contribution in [1.29, 1.82) is 0 Å². The number of hydrogen-bond donors (Lipinski definition) is 2. The van der Waals surface area contributed by atoms with Gasteiger partial charge in [-0.1, -0.05) is 58.0 Å². The van der Waals surface area contributed by atoms with Crippen molar-refractivity contribution in [3.05, 3.63) is 35.9 Å². The van der Waals surface area contributed by atoms with E-state index in [1.165, 1.54) is 14.0 Å². The minimum Gasteiger partial charge on any atom is -0.457 e. The minimum atomic E-state index is -2.05. The quantitative estimate of drug-likeness (QED) is 0.224. The van der Waals surface area contributed by atoms with Gasteiger partial charge in [0.25, 0.3) is 0 Å². The fraction of sp³-hybridized carbons (Fsp3) is 0.718. The topological polar surface area (TPSA) is 167 Å². The molecule has 290 valence electrons. The van der Waals surface area contributed by atoms with Crippen LogP contribution in [0.2, 0.25) is 0 Å². The molecule has 3 aliphatic heterocycles. The third-order valence-electron chi connectivity index (χ3n) is 11.7. The van der Waals surface area contributed by atoms with Gasteiger partial charge < -0.3 is 39.0 Å². The molecule has 0 aromatic heterocycles. The molecule has 0 bridgehead atoms. The van der Waals surface area contributed by atoms with Gasteiger partial charge in [0.15, 0.2) is 23.5 Å². The molecule has 0 saturated carbocycles. The van der Waals surface area contributed by atoms with E-state index in [-0.39, 0.29) is 30.8 Å². The number of likely N-dealkylation sites (N-methyl/N-ethyl adjacent to an activating group) is 1. The van der Waals surface area contributed by atoms with E-state index in [0.29, 0.717) is 12.0 Å². The maximum Gasteiger partial charge on any atom is 0.408 e. The average Bonchev–Trinajstić information content (AvgIpc) is 3.42. The fourth-order valence-corrected chi connectivity index (χ4v) is 8.49. The summed E-state index contributed by atoms with van der Waals surface area (Å²) >= 11 is 0. The first-order chi connectivity index (χ1) is 24.2. The van der Waals surface area contributed by atoms with Crippen LogP contribution >= 0.6 is 0 Å². The number of cyclic esters (lactones) is 1.